The van der Waals surface area contributed by atoms with Gasteiger partial charge in [-0.25, -0.2) is 9.97 Å². The minimum atomic E-state index is -0.342. The van der Waals surface area contributed by atoms with Crippen molar-refractivity contribution in [2.45, 2.75) is 0 Å². The second kappa shape index (κ2) is 4.82. The molecule has 0 aliphatic rings. The smallest absolute Gasteiger partial charge is 0.275 e. The van der Waals surface area contributed by atoms with Crippen molar-refractivity contribution in [2.75, 3.05) is 5.32 Å². The normalized spacial score (nSPS) is 10.2. The van der Waals surface area contributed by atoms with Crippen molar-refractivity contribution in [1.82, 2.24) is 14.4 Å². The van der Waals surface area contributed by atoms with Crippen LogP contribution in [0, 0.1) is 11.3 Å². The summed E-state index contributed by atoms with van der Waals surface area (Å²) in [5.41, 5.74) is 1.31. The number of aromatic nitrogens is 3. The summed E-state index contributed by atoms with van der Waals surface area (Å²) < 4.78 is 1.67. The van der Waals surface area contributed by atoms with Gasteiger partial charge in [-0.3, -0.25) is 9.20 Å². The van der Waals surface area contributed by atoms with Crippen molar-refractivity contribution in [1.29, 1.82) is 5.26 Å². The third-order valence-corrected chi connectivity index (χ3v) is 2.72. The molecule has 1 amide bonds. The molecule has 1 N–H and O–H groups in total. The van der Waals surface area contributed by atoms with Crippen LogP contribution in [0.3, 0.4) is 0 Å². The monoisotopic (exact) mass is 263 g/mol. The Bertz CT molecular complexity index is 798. The van der Waals surface area contributed by atoms with E-state index in [4.69, 9.17) is 5.26 Å². The van der Waals surface area contributed by atoms with Crippen LogP contribution in [-0.4, -0.2) is 20.3 Å². The zero-order valence-corrected chi connectivity index (χ0v) is 10.3. The average molecular weight is 263 g/mol. The lowest BCUT2D eigenvalue weighted by atomic mass is 10.2. The highest BCUT2D eigenvalue weighted by Crippen LogP contribution is 2.11. The van der Waals surface area contributed by atoms with Crippen LogP contribution in [0.15, 0.2) is 48.9 Å². The van der Waals surface area contributed by atoms with Gasteiger partial charge in [-0.05, 0) is 24.3 Å². The Hall–Kier alpha value is -3.20. The highest BCUT2D eigenvalue weighted by molar-refractivity contribution is 6.03. The predicted octanol–water partition coefficient (Wildman–Crippen LogP) is 1.85. The van der Waals surface area contributed by atoms with Crippen LogP contribution in [0.1, 0.15) is 16.1 Å². The van der Waals surface area contributed by atoms with Gasteiger partial charge in [-0.15, -0.1) is 0 Å². The maximum atomic E-state index is 12.1. The summed E-state index contributed by atoms with van der Waals surface area (Å²) in [4.78, 5) is 20.3. The van der Waals surface area contributed by atoms with Crippen LogP contribution >= 0.6 is 0 Å². The average Bonchev–Trinajstić information content (AvgIpc) is 2.91. The number of fused-ring (bicyclic) bond motifs is 1. The minimum absolute atomic E-state index is 0.270. The van der Waals surface area contributed by atoms with Gasteiger partial charge in [0.1, 0.15) is 5.69 Å². The zero-order valence-electron chi connectivity index (χ0n) is 10.3. The van der Waals surface area contributed by atoms with Crippen molar-refractivity contribution in [3.63, 3.8) is 0 Å². The molecule has 0 fully saturated rings. The molecule has 0 unspecified atom stereocenters. The molecule has 3 rings (SSSR count). The van der Waals surface area contributed by atoms with E-state index >= 15 is 0 Å². The Balaban J connectivity index is 1.87. The summed E-state index contributed by atoms with van der Waals surface area (Å²) in [5, 5.41) is 11.5. The molecule has 0 spiro atoms. The highest BCUT2D eigenvalue weighted by Gasteiger charge is 2.11. The molecule has 96 valence electrons. The van der Waals surface area contributed by atoms with Crippen molar-refractivity contribution in [3.8, 4) is 6.07 Å². The zero-order chi connectivity index (χ0) is 13.9. The summed E-state index contributed by atoms with van der Waals surface area (Å²) >= 11 is 0. The van der Waals surface area contributed by atoms with E-state index in [1.165, 1.54) is 0 Å². The number of nitrogens with zero attached hydrogens (tertiary/aromatic N) is 4. The fourth-order valence-electron chi connectivity index (χ4n) is 1.80. The first-order valence-electron chi connectivity index (χ1n) is 5.87. The summed E-state index contributed by atoms with van der Waals surface area (Å²) in [6.45, 7) is 0. The fourth-order valence-corrected chi connectivity index (χ4v) is 1.80. The maximum Gasteiger partial charge on any atom is 0.275 e. The summed E-state index contributed by atoms with van der Waals surface area (Å²) in [7, 11) is 0. The summed E-state index contributed by atoms with van der Waals surface area (Å²) in [5.74, 6) is 0.119. The molecular formula is C14H9N5O. The molecule has 6 nitrogen and oxygen atoms in total. The molecule has 0 radical (unpaired) electrons. The summed E-state index contributed by atoms with van der Waals surface area (Å²) in [6.07, 6.45) is 4.98. The predicted molar refractivity (Wildman–Crippen MR) is 72.1 cm³/mol. The van der Waals surface area contributed by atoms with Gasteiger partial charge in [0.25, 0.3) is 5.91 Å². The Kier molecular flexibility index (Phi) is 2.86. The molecule has 0 bridgehead atoms. The molecule has 20 heavy (non-hydrogen) atoms. The van der Waals surface area contributed by atoms with Gasteiger partial charge in [0.05, 0.1) is 11.6 Å². The first kappa shape index (κ1) is 11.9. The topological polar surface area (TPSA) is 83.1 Å². The Labute approximate surface area is 114 Å². The number of hydrogen-bond donors (Lipinski definition) is 1. The number of benzene rings is 1. The van der Waals surface area contributed by atoms with Gasteiger partial charge in [-0.2, -0.15) is 5.26 Å². The van der Waals surface area contributed by atoms with E-state index in [1.807, 2.05) is 6.07 Å². The third-order valence-electron chi connectivity index (χ3n) is 2.72. The van der Waals surface area contributed by atoms with Crippen LogP contribution in [0.4, 0.5) is 5.69 Å². The molecule has 6 heteroatoms. The minimum Gasteiger partial charge on any atom is -0.321 e. The molecule has 3 aromatic rings. The van der Waals surface area contributed by atoms with E-state index < -0.39 is 0 Å². The molecular weight excluding hydrogens is 254 g/mol. The van der Waals surface area contributed by atoms with Gasteiger partial charge in [0.2, 0.25) is 5.78 Å². The SMILES string of the molecule is N#Cc1cccc(NC(=O)c2cn3cccnc3n2)c1. The van der Waals surface area contributed by atoms with Gasteiger partial charge in [-0.1, -0.05) is 6.07 Å². The molecule has 2 aromatic heterocycles. The number of amides is 1. The molecule has 0 atom stereocenters. The van der Waals surface area contributed by atoms with E-state index in [1.54, 1.807) is 53.3 Å². The molecule has 0 aliphatic carbocycles. The second-order valence-electron chi connectivity index (χ2n) is 4.10. The van der Waals surface area contributed by atoms with E-state index in [2.05, 4.69) is 15.3 Å². The van der Waals surface area contributed by atoms with E-state index in [0.717, 1.165) is 0 Å². The quantitative estimate of drug-likeness (QED) is 0.764. The van der Waals surface area contributed by atoms with Crippen molar-refractivity contribution < 1.29 is 4.79 Å². The molecule has 0 saturated heterocycles. The first-order valence-corrected chi connectivity index (χ1v) is 5.87. The number of carbonyl (C=O) groups excluding carboxylic acids is 1. The molecule has 0 saturated carbocycles. The van der Waals surface area contributed by atoms with E-state index in [0.29, 0.717) is 17.0 Å². The number of imidazole rings is 1. The number of rotatable bonds is 2. The number of nitrogens with one attached hydrogen (secondary N) is 1. The molecule has 0 aliphatic heterocycles. The van der Waals surface area contributed by atoms with Gasteiger partial charge in [0, 0.05) is 24.3 Å². The van der Waals surface area contributed by atoms with Crippen molar-refractivity contribution in [2.24, 2.45) is 0 Å². The van der Waals surface area contributed by atoms with Crippen LogP contribution < -0.4 is 5.32 Å². The van der Waals surface area contributed by atoms with E-state index in [-0.39, 0.29) is 11.6 Å². The van der Waals surface area contributed by atoms with Crippen LogP contribution in [0.5, 0.6) is 0 Å². The largest absolute Gasteiger partial charge is 0.321 e. The van der Waals surface area contributed by atoms with Crippen molar-refractivity contribution in [3.05, 3.63) is 60.2 Å². The van der Waals surface area contributed by atoms with Gasteiger partial charge in [0.15, 0.2) is 0 Å². The lowest BCUT2D eigenvalue weighted by Crippen LogP contribution is -2.12. The Morgan fingerprint density at radius 3 is 3.05 bits per heavy atom. The summed E-state index contributed by atoms with van der Waals surface area (Å²) in [6, 6.07) is 10.5. The third kappa shape index (κ3) is 2.20. The fraction of sp³-hybridized carbons (Fsp3) is 0. The molecule has 1 aromatic carbocycles. The lowest BCUT2D eigenvalue weighted by Gasteiger charge is -2.02. The Morgan fingerprint density at radius 1 is 1.35 bits per heavy atom. The van der Waals surface area contributed by atoms with Crippen molar-refractivity contribution >= 4 is 17.4 Å². The number of anilines is 1. The number of hydrogen-bond acceptors (Lipinski definition) is 4. The van der Waals surface area contributed by atoms with Crippen LogP contribution in [0.25, 0.3) is 5.78 Å². The number of nitriles is 1. The standard InChI is InChI=1S/C14H9N5O/c15-8-10-3-1-4-11(7-10)17-13(20)12-9-19-6-2-5-16-14(19)18-12/h1-7,9H,(H,17,20). The molecule has 2 heterocycles. The number of carbonyl (C=O) groups is 1. The lowest BCUT2D eigenvalue weighted by molar-refractivity contribution is 0.102. The van der Waals surface area contributed by atoms with E-state index in [9.17, 15) is 4.79 Å². The second-order valence-corrected chi connectivity index (χ2v) is 4.10. The Morgan fingerprint density at radius 2 is 2.25 bits per heavy atom. The first-order chi connectivity index (χ1) is 9.76. The van der Waals surface area contributed by atoms with Crippen LogP contribution in [-0.2, 0) is 0 Å². The van der Waals surface area contributed by atoms with Gasteiger partial charge >= 0.3 is 0 Å². The van der Waals surface area contributed by atoms with Crippen LogP contribution in [0.2, 0.25) is 0 Å². The highest BCUT2D eigenvalue weighted by atomic mass is 16.1. The maximum absolute atomic E-state index is 12.1. The van der Waals surface area contributed by atoms with Gasteiger partial charge < -0.3 is 5.32 Å².